The van der Waals surface area contributed by atoms with Crippen LogP contribution in [0.1, 0.15) is 12.0 Å². The molecule has 0 spiro atoms. The number of nitrogens with two attached hydrogens (primary N) is 1. The average molecular weight is 269 g/mol. The minimum absolute atomic E-state index is 0. The number of hydrogen-bond acceptors (Lipinski definition) is 3. The number of nitrogens with one attached hydrogen (secondary N) is 2. The number of benzene rings is 1. The molecule has 0 bridgehead atoms. The van der Waals surface area contributed by atoms with E-state index in [1.54, 1.807) is 0 Å². The van der Waals surface area contributed by atoms with Crippen LogP contribution in [0.5, 0.6) is 0 Å². The molecule has 0 aliphatic carbocycles. The summed E-state index contributed by atoms with van der Waals surface area (Å²) in [6.45, 7) is 1.82. The van der Waals surface area contributed by atoms with E-state index in [9.17, 15) is 4.79 Å². The lowest BCUT2D eigenvalue weighted by Gasteiger charge is -2.06. The lowest BCUT2D eigenvalue weighted by atomic mass is 10.1. The fourth-order valence-electron chi connectivity index (χ4n) is 1.82. The quantitative estimate of drug-likeness (QED) is 0.774. The number of anilines is 1. The minimum atomic E-state index is -0.538. The van der Waals surface area contributed by atoms with Crippen molar-refractivity contribution < 1.29 is 4.79 Å². The lowest BCUT2D eigenvalue weighted by molar-refractivity contribution is 0.259. The highest BCUT2D eigenvalue weighted by molar-refractivity contribution is 5.88. The van der Waals surface area contributed by atoms with Crippen LogP contribution in [-0.2, 0) is 6.42 Å². The van der Waals surface area contributed by atoms with Crippen LogP contribution < -0.4 is 16.4 Å². The molecule has 1 aliphatic rings. The van der Waals surface area contributed by atoms with Gasteiger partial charge in [-0.2, -0.15) is 0 Å². The van der Waals surface area contributed by atoms with E-state index in [0.29, 0.717) is 0 Å². The summed E-state index contributed by atoms with van der Waals surface area (Å²) >= 11 is 0. The molecule has 2 amide bonds. The van der Waals surface area contributed by atoms with Gasteiger partial charge < -0.3 is 16.4 Å². The zero-order valence-electron chi connectivity index (χ0n) is 9.98. The summed E-state index contributed by atoms with van der Waals surface area (Å²) in [5, 5.41) is 5.80. The van der Waals surface area contributed by atoms with Gasteiger partial charge in [-0.3, -0.25) is 4.99 Å². The molecule has 0 saturated heterocycles. The van der Waals surface area contributed by atoms with Gasteiger partial charge in [0.15, 0.2) is 0 Å². The van der Waals surface area contributed by atoms with Gasteiger partial charge in [-0.05, 0) is 24.1 Å². The molecular formula is C12H17ClN4O. The first-order chi connectivity index (χ1) is 8.24. The Morgan fingerprint density at radius 1 is 1.44 bits per heavy atom. The molecule has 98 valence electrons. The fourth-order valence-corrected chi connectivity index (χ4v) is 1.82. The third-order valence-electron chi connectivity index (χ3n) is 2.59. The molecule has 2 rings (SSSR count). The SMILES string of the molecule is Cl.NC(=O)Nc1cccc(CCC2=NCCN2)c1. The third-order valence-corrected chi connectivity index (χ3v) is 2.59. The van der Waals surface area contributed by atoms with Crippen LogP contribution in [0, 0.1) is 0 Å². The van der Waals surface area contributed by atoms with Crippen molar-refractivity contribution in [1.82, 2.24) is 5.32 Å². The standard InChI is InChI=1S/C12H16N4O.ClH/c13-12(17)16-10-3-1-2-9(8-10)4-5-11-14-6-7-15-11;/h1-3,8H,4-7H2,(H,14,15)(H3,13,16,17);1H. The Balaban J connectivity index is 0.00000162. The molecule has 6 heteroatoms. The maximum absolute atomic E-state index is 10.7. The maximum Gasteiger partial charge on any atom is 0.316 e. The van der Waals surface area contributed by atoms with Crippen LogP contribution in [0.2, 0.25) is 0 Å². The van der Waals surface area contributed by atoms with Crippen LogP contribution >= 0.6 is 12.4 Å². The number of urea groups is 1. The van der Waals surface area contributed by atoms with Crippen LogP contribution in [0.3, 0.4) is 0 Å². The first-order valence-corrected chi connectivity index (χ1v) is 5.66. The van der Waals surface area contributed by atoms with Crippen molar-refractivity contribution >= 4 is 30.0 Å². The van der Waals surface area contributed by atoms with Crippen molar-refractivity contribution in [3.05, 3.63) is 29.8 Å². The molecule has 1 aliphatic heterocycles. The summed E-state index contributed by atoms with van der Waals surface area (Å²) in [7, 11) is 0. The molecule has 0 aromatic heterocycles. The predicted molar refractivity (Wildman–Crippen MR) is 75.5 cm³/mol. The first kappa shape index (κ1) is 14.3. The molecule has 0 unspecified atom stereocenters. The molecule has 0 radical (unpaired) electrons. The van der Waals surface area contributed by atoms with Crippen molar-refractivity contribution in [2.24, 2.45) is 10.7 Å². The largest absolute Gasteiger partial charge is 0.372 e. The molecule has 1 aromatic carbocycles. The summed E-state index contributed by atoms with van der Waals surface area (Å²) in [5.74, 6) is 1.07. The normalized spacial score (nSPS) is 13.2. The molecule has 5 nitrogen and oxygen atoms in total. The van der Waals surface area contributed by atoms with Crippen molar-refractivity contribution in [3.63, 3.8) is 0 Å². The lowest BCUT2D eigenvalue weighted by Crippen LogP contribution is -2.19. The Morgan fingerprint density at radius 3 is 2.94 bits per heavy atom. The van der Waals surface area contributed by atoms with Crippen LogP contribution in [0.4, 0.5) is 10.5 Å². The van der Waals surface area contributed by atoms with Gasteiger partial charge in [-0.1, -0.05) is 12.1 Å². The number of aryl methyl sites for hydroxylation is 1. The van der Waals surface area contributed by atoms with Gasteiger partial charge >= 0.3 is 6.03 Å². The number of amidine groups is 1. The van der Waals surface area contributed by atoms with Crippen LogP contribution in [0.25, 0.3) is 0 Å². The highest BCUT2D eigenvalue weighted by atomic mass is 35.5. The second kappa shape index (κ2) is 6.86. The van der Waals surface area contributed by atoms with E-state index in [-0.39, 0.29) is 12.4 Å². The van der Waals surface area contributed by atoms with E-state index in [1.165, 1.54) is 0 Å². The molecule has 4 N–H and O–H groups in total. The fraction of sp³-hybridized carbons (Fsp3) is 0.333. The molecule has 0 saturated carbocycles. The van der Waals surface area contributed by atoms with Crippen molar-refractivity contribution in [1.29, 1.82) is 0 Å². The van der Waals surface area contributed by atoms with Gasteiger partial charge in [0.25, 0.3) is 0 Å². The highest BCUT2D eigenvalue weighted by Gasteiger charge is 2.05. The number of rotatable bonds is 4. The minimum Gasteiger partial charge on any atom is -0.372 e. The number of aliphatic imine (C=N–C) groups is 1. The number of carbonyl (C=O) groups is 1. The smallest absolute Gasteiger partial charge is 0.316 e. The predicted octanol–water partition coefficient (Wildman–Crippen LogP) is 1.53. The first-order valence-electron chi connectivity index (χ1n) is 5.66. The second-order valence-electron chi connectivity index (χ2n) is 3.94. The summed E-state index contributed by atoms with van der Waals surface area (Å²) in [6, 6.07) is 7.15. The zero-order valence-corrected chi connectivity index (χ0v) is 10.8. The molecule has 18 heavy (non-hydrogen) atoms. The Kier molecular flexibility index (Phi) is 5.45. The van der Waals surface area contributed by atoms with Crippen LogP contribution in [0.15, 0.2) is 29.3 Å². The van der Waals surface area contributed by atoms with E-state index in [0.717, 1.165) is 43.0 Å². The number of halogens is 1. The zero-order chi connectivity index (χ0) is 12.1. The average Bonchev–Trinajstić information content (AvgIpc) is 2.79. The van der Waals surface area contributed by atoms with Gasteiger partial charge in [0, 0.05) is 18.7 Å². The molecule has 1 heterocycles. The van der Waals surface area contributed by atoms with Gasteiger partial charge in [0.1, 0.15) is 0 Å². The number of primary amides is 1. The van der Waals surface area contributed by atoms with Crippen molar-refractivity contribution in [3.8, 4) is 0 Å². The third kappa shape index (κ3) is 4.25. The maximum atomic E-state index is 10.7. The van der Waals surface area contributed by atoms with Gasteiger partial charge in [0.05, 0.1) is 12.4 Å². The topological polar surface area (TPSA) is 79.5 Å². The Hall–Kier alpha value is -1.75. The highest BCUT2D eigenvalue weighted by Crippen LogP contribution is 2.12. The second-order valence-corrected chi connectivity index (χ2v) is 3.94. The number of hydrogen-bond donors (Lipinski definition) is 3. The van der Waals surface area contributed by atoms with E-state index in [1.807, 2.05) is 24.3 Å². The Bertz CT molecular complexity index is 447. The van der Waals surface area contributed by atoms with Gasteiger partial charge in [0.2, 0.25) is 0 Å². The molecule has 1 aromatic rings. The van der Waals surface area contributed by atoms with Crippen LogP contribution in [-0.4, -0.2) is 25.0 Å². The summed E-state index contributed by atoms with van der Waals surface area (Å²) < 4.78 is 0. The summed E-state index contributed by atoms with van der Waals surface area (Å²) in [6.07, 6.45) is 1.81. The van der Waals surface area contributed by atoms with Crippen molar-refractivity contribution in [2.75, 3.05) is 18.4 Å². The van der Waals surface area contributed by atoms with Gasteiger partial charge in [-0.15, -0.1) is 12.4 Å². The summed E-state index contributed by atoms with van der Waals surface area (Å²) in [5.41, 5.74) is 6.96. The van der Waals surface area contributed by atoms with Gasteiger partial charge in [-0.25, -0.2) is 4.79 Å². The summed E-state index contributed by atoms with van der Waals surface area (Å²) in [4.78, 5) is 15.1. The van der Waals surface area contributed by atoms with E-state index >= 15 is 0 Å². The Morgan fingerprint density at radius 2 is 2.28 bits per heavy atom. The molecular weight excluding hydrogens is 252 g/mol. The van der Waals surface area contributed by atoms with Crippen molar-refractivity contribution in [2.45, 2.75) is 12.8 Å². The number of carbonyl (C=O) groups excluding carboxylic acids is 1. The Labute approximate surface area is 112 Å². The van der Waals surface area contributed by atoms with E-state index in [4.69, 9.17) is 5.73 Å². The number of nitrogens with zero attached hydrogens (tertiary/aromatic N) is 1. The molecule has 0 fully saturated rings. The molecule has 0 atom stereocenters. The monoisotopic (exact) mass is 268 g/mol. The van der Waals surface area contributed by atoms with E-state index < -0.39 is 6.03 Å². The van der Waals surface area contributed by atoms with E-state index in [2.05, 4.69) is 15.6 Å². The number of amides is 2.